The molecule has 136 valence electrons. The Morgan fingerprint density at radius 3 is 2.44 bits per heavy atom. The maximum Gasteiger partial charge on any atom is 0.250 e. The van der Waals surface area contributed by atoms with Crippen molar-refractivity contribution >= 4 is 11.4 Å². The van der Waals surface area contributed by atoms with Gasteiger partial charge in [0.1, 0.15) is 11.6 Å². The highest BCUT2D eigenvalue weighted by molar-refractivity contribution is 6.17. The maximum atomic E-state index is 14.3. The second-order valence-electron chi connectivity index (χ2n) is 6.67. The molecular weight excluding hydrogens is 348 g/mol. The number of hydrogen-bond acceptors (Lipinski definition) is 3. The normalized spacial score (nSPS) is 15.6. The van der Waals surface area contributed by atoms with Gasteiger partial charge in [0.2, 0.25) is 0 Å². The first-order chi connectivity index (χ1) is 12.8. The highest BCUT2D eigenvalue weighted by atomic mass is 19.1. The van der Waals surface area contributed by atoms with Crippen molar-refractivity contribution in [3.63, 3.8) is 0 Å². The summed E-state index contributed by atoms with van der Waals surface area (Å²) in [5.41, 5.74) is 9.63. The zero-order valence-electron chi connectivity index (χ0n) is 14.8. The predicted molar refractivity (Wildman–Crippen MR) is 102 cm³/mol. The Kier molecular flexibility index (Phi) is 3.91. The number of aliphatic imine (C=N–C) groups is 1. The van der Waals surface area contributed by atoms with Gasteiger partial charge in [0.15, 0.2) is 0 Å². The van der Waals surface area contributed by atoms with Crippen LogP contribution in [0.2, 0.25) is 0 Å². The number of rotatable bonds is 1. The Labute approximate surface area is 154 Å². The van der Waals surface area contributed by atoms with Crippen LogP contribution in [-0.4, -0.2) is 10.3 Å². The Balaban J connectivity index is 2.08. The van der Waals surface area contributed by atoms with Crippen molar-refractivity contribution in [2.24, 2.45) is 12.0 Å². The summed E-state index contributed by atoms with van der Waals surface area (Å²) >= 11 is 0. The van der Waals surface area contributed by atoms with Crippen LogP contribution in [0.1, 0.15) is 29.7 Å². The van der Waals surface area contributed by atoms with E-state index < -0.39 is 5.82 Å². The van der Waals surface area contributed by atoms with Crippen molar-refractivity contribution in [1.29, 1.82) is 0 Å². The van der Waals surface area contributed by atoms with Gasteiger partial charge in [0.05, 0.1) is 17.4 Å². The lowest BCUT2D eigenvalue weighted by atomic mass is 9.91. The molecule has 0 saturated carbocycles. The van der Waals surface area contributed by atoms with E-state index in [1.54, 1.807) is 37.5 Å². The van der Waals surface area contributed by atoms with E-state index in [2.05, 4.69) is 0 Å². The fourth-order valence-corrected chi connectivity index (χ4v) is 3.39. The standard InChI is InChI=1S/C21H17F2N3O/c1-11-14-9-20(27)26(2)10-17(14)15-8-19(24)18(23)7-16(15)21(25-11)12-3-5-13(22)6-4-12/h3-11H,24H2,1-2H3/t11-/m0/s1. The average molecular weight is 365 g/mol. The number of nitrogens with zero attached hydrogens (tertiary/aromatic N) is 2. The molecular formula is C21H17F2N3O. The van der Waals surface area contributed by atoms with Gasteiger partial charge in [0.25, 0.3) is 5.56 Å². The molecule has 1 aromatic heterocycles. The molecule has 0 saturated heterocycles. The van der Waals surface area contributed by atoms with E-state index in [0.29, 0.717) is 22.4 Å². The number of fused-ring (bicyclic) bond motifs is 3. The molecule has 4 rings (SSSR count). The monoisotopic (exact) mass is 365 g/mol. The number of hydrogen-bond donors (Lipinski definition) is 1. The Morgan fingerprint density at radius 1 is 1.04 bits per heavy atom. The van der Waals surface area contributed by atoms with Crippen LogP contribution < -0.4 is 11.3 Å². The lowest BCUT2D eigenvalue weighted by Gasteiger charge is -2.14. The molecule has 6 heteroatoms. The van der Waals surface area contributed by atoms with Crippen molar-refractivity contribution in [3.8, 4) is 11.1 Å². The smallest absolute Gasteiger partial charge is 0.250 e. The molecule has 3 aromatic rings. The fourth-order valence-electron chi connectivity index (χ4n) is 3.39. The molecule has 27 heavy (non-hydrogen) atoms. The van der Waals surface area contributed by atoms with Crippen molar-refractivity contribution in [3.05, 3.63) is 87.3 Å². The van der Waals surface area contributed by atoms with E-state index in [4.69, 9.17) is 10.7 Å². The summed E-state index contributed by atoms with van der Waals surface area (Å²) in [6.45, 7) is 1.87. The molecule has 4 nitrogen and oxygen atoms in total. The molecule has 1 atom stereocenters. The maximum absolute atomic E-state index is 14.3. The molecule has 2 heterocycles. The van der Waals surface area contributed by atoms with Crippen LogP contribution in [0.5, 0.6) is 0 Å². The van der Waals surface area contributed by atoms with Crippen molar-refractivity contribution in [2.75, 3.05) is 5.73 Å². The Morgan fingerprint density at radius 2 is 1.74 bits per heavy atom. The van der Waals surface area contributed by atoms with E-state index in [9.17, 15) is 13.6 Å². The number of anilines is 1. The number of nitrogen functional groups attached to an aromatic ring is 1. The summed E-state index contributed by atoms with van der Waals surface area (Å²) in [6, 6.07) is 9.99. The van der Waals surface area contributed by atoms with E-state index in [1.807, 2.05) is 6.92 Å². The number of pyridine rings is 1. The first-order valence-electron chi connectivity index (χ1n) is 8.49. The van der Waals surface area contributed by atoms with E-state index >= 15 is 0 Å². The molecule has 0 amide bonds. The number of aromatic nitrogens is 1. The minimum atomic E-state index is -0.551. The summed E-state index contributed by atoms with van der Waals surface area (Å²) in [5.74, 6) is -0.916. The fraction of sp³-hybridized carbons (Fsp3) is 0.143. The largest absolute Gasteiger partial charge is 0.396 e. The SMILES string of the molecule is C[C@@H]1N=C(c2ccc(F)cc2)c2cc(F)c(N)cc2-c2cn(C)c(=O)cc21. The lowest BCUT2D eigenvalue weighted by molar-refractivity contribution is 0.627. The molecule has 1 aliphatic rings. The summed E-state index contributed by atoms with van der Waals surface area (Å²) in [4.78, 5) is 16.9. The highest BCUT2D eigenvalue weighted by Crippen LogP contribution is 2.38. The molecule has 0 spiro atoms. The topological polar surface area (TPSA) is 60.4 Å². The quantitative estimate of drug-likeness (QED) is 0.667. The number of halogens is 2. The third-order valence-electron chi connectivity index (χ3n) is 4.83. The van der Waals surface area contributed by atoms with Crippen LogP contribution in [0, 0.1) is 11.6 Å². The van der Waals surface area contributed by atoms with Crippen LogP contribution in [0.3, 0.4) is 0 Å². The second kappa shape index (κ2) is 6.16. The van der Waals surface area contributed by atoms with Gasteiger partial charge in [-0.2, -0.15) is 0 Å². The summed E-state index contributed by atoms with van der Waals surface area (Å²) in [6.07, 6.45) is 1.72. The van der Waals surface area contributed by atoms with Gasteiger partial charge >= 0.3 is 0 Å². The van der Waals surface area contributed by atoms with E-state index in [0.717, 1.165) is 11.1 Å². The van der Waals surface area contributed by atoms with Crippen LogP contribution in [-0.2, 0) is 7.05 Å². The lowest BCUT2D eigenvalue weighted by Crippen LogP contribution is -2.17. The zero-order valence-corrected chi connectivity index (χ0v) is 14.8. The van der Waals surface area contributed by atoms with Crippen molar-refractivity contribution < 1.29 is 8.78 Å². The van der Waals surface area contributed by atoms with Gasteiger partial charge in [-0.05, 0) is 54.4 Å². The van der Waals surface area contributed by atoms with Gasteiger partial charge in [-0.3, -0.25) is 9.79 Å². The zero-order chi connectivity index (χ0) is 19.3. The summed E-state index contributed by atoms with van der Waals surface area (Å²) < 4.78 is 29.2. The van der Waals surface area contributed by atoms with Gasteiger partial charge in [-0.15, -0.1) is 0 Å². The summed E-state index contributed by atoms with van der Waals surface area (Å²) in [5, 5.41) is 0. The van der Waals surface area contributed by atoms with Gasteiger partial charge in [-0.25, -0.2) is 8.78 Å². The molecule has 1 aliphatic heterocycles. The van der Waals surface area contributed by atoms with Crippen LogP contribution in [0.25, 0.3) is 11.1 Å². The minimum Gasteiger partial charge on any atom is -0.396 e. The number of benzene rings is 2. The second-order valence-corrected chi connectivity index (χ2v) is 6.67. The number of aryl methyl sites for hydroxylation is 1. The Hall–Kier alpha value is -3.28. The molecule has 0 radical (unpaired) electrons. The van der Waals surface area contributed by atoms with Crippen molar-refractivity contribution in [2.45, 2.75) is 13.0 Å². The molecule has 0 aliphatic carbocycles. The number of nitrogens with two attached hydrogens (primary N) is 1. The first-order valence-corrected chi connectivity index (χ1v) is 8.49. The molecule has 0 bridgehead atoms. The highest BCUT2D eigenvalue weighted by Gasteiger charge is 2.25. The van der Waals surface area contributed by atoms with Gasteiger partial charge in [0, 0.05) is 36.0 Å². The summed E-state index contributed by atoms with van der Waals surface area (Å²) in [7, 11) is 1.66. The van der Waals surface area contributed by atoms with Crippen LogP contribution in [0.4, 0.5) is 14.5 Å². The third-order valence-corrected chi connectivity index (χ3v) is 4.83. The van der Waals surface area contributed by atoms with Crippen LogP contribution >= 0.6 is 0 Å². The first kappa shape index (κ1) is 17.1. The minimum absolute atomic E-state index is 0.0153. The average Bonchev–Trinajstić information content (AvgIpc) is 2.73. The van der Waals surface area contributed by atoms with Gasteiger partial charge < -0.3 is 10.3 Å². The molecule has 2 N–H and O–H groups in total. The molecule has 0 unspecified atom stereocenters. The van der Waals surface area contributed by atoms with Gasteiger partial charge in [-0.1, -0.05) is 0 Å². The van der Waals surface area contributed by atoms with Crippen molar-refractivity contribution in [1.82, 2.24) is 4.57 Å². The molecule has 2 aromatic carbocycles. The van der Waals surface area contributed by atoms with E-state index in [-0.39, 0.29) is 23.1 Å². The van der Waals surface area contributed by atoms with E-state index in [1.165, 1.54) is 22.8 Å². The van der Waals surface area contributed by atoms with Crippen LogP contribution in [0.15, 0.2) is 58.4 Å². The molecule has 0 fully saturated rings. The third kappa shape index (κ3) is 2.83. The Bertz CT molecular complexity index is 1150. The predicted octanol–water partition coefficient (Wildman–Crippen LogP) is 3.82.